The fourth-order valence-corrected chi connectivity index (χ4v) is 3.86. The number of hydrogen-bond donors (Lipinski definition) is 1. The molecule has 1 N–H and O–H groups in total. The second-order valence-electron chi connectivity index (χ2n) is 6.56. The number of unbranched alkanes of at least 4 members (excludes halogenated alkanes) is 1. The number of likely N-dealkylation sites (tertiary alicyclic amines) is 1. The van der Waals surface area contributed by atoms with Gasteiger partial charge in [-0.05, 0) is 36.8 Å². The third-order valence-electron chi connectivity index (χ3n) is 4.49. The van der Waals surface area contributed by atoms with Crippen molar-refractivity contribution >= 4 is 18.2 Å². The highest BCUT2D eigenvalue weighted by Gasteiger charge is 2.22. The van der Waals surface area contributed by atoms with Gasteiger partial charge in [-0.2, -0.15) is 0 Å². The molecule has 1 aromatic carbocycles. The van der Waals surface area contributed by atoms with E-state index in [2.05, 4.69) is 63.7 Å². The van der Waals surface area contributed by atoms with E-state index in [0.717, 1.165) is 38.9 Å². The molecule has 1 saturated heterocycles. The number of allylic oxidation sites excluding steroid dienone is 4. The summed E-state index contributed by atoms with van der Waals surface area (Å²) in [7, 11) is 0. The van der Waals surface area contributed by atoms with Gasteiger partial charge in [0.2, 0.25) is 0 Å². The Morgan fingerprint density at radius 3 is 2.92 bits per heavy atom. The van der Waals surface area contributed by atoms with Crippen LogP contribution in [0.2, 0.25) is 0 Å². The van der Waals surface area contributed by atoms with Gasteiger partial charge >= 0.3 is 0 Å². The molecule has 132 valence electrons. The molecule has 0 aliphatic carbocycles. The molecule has 2 heterocycles. The molecule has 25 heavy (non-hydrogen) atoms. The van der Waals surface area contributed by atoms with Crippen LogP contribution in [0.5, 0.6) is 0 Å². The Kier molecular flexibility index (Phi) is 7.10. The average Bonchev–Trinajstić information content (AvgIpc) is 3.09. The van der Waals surface area contributed by atoms with E-state index in [4.69, 9.17) is 0 Å². The lowest BCUT2D eigenvalue weighted by Gasteiger charge is -2.17. The maximum absolute atomic E-state index is 4.56. The number of hydrogen-bond acceptors (Lipinski definition) is 4. The van der Waals surface area contributed by atoms with E-state index in [1.54, 1.807) is 11.9 Å². The summed E-state index contributed by atoms with van der Waals surface area (Å²) in [6.07, 6.45) is 12.6. The van der Waals surface area contributed by atoms with Crippen molar-refractivity contribution in [2.24, 2.45) is 4.99 Å². The topological polar surface area (TPSA) is 27.6 Å². The van der Waals surface area contributed by atoms with E-state index in [1.807, 2.05) is 12.3 Å². The molecule has 3 rings (SSSR count). The molecule has 0 spiro atoms. The lowest BCUT2D eigenvalue weighted by atomic mass is 10.2. The molecule has 1 unspecified atom stereocenters. The molecule has 3 nitrogen and oxygen atoms in total. The second-order valence-corrected chi connectivity index (χ2v) is 7.47. The van der Waals surface area contributed by atoms with E-state index >= 15 is 0 Å². The quantitative estimate of drug-likeness (QED) is 0.417. The maximum atomic E-state index is 4.56. The normalized spacial score (nSPS) is 22.3. The zero-order valence-electron chi connectivity index (χ0n) is 14.7. The third kappa shape index (κ3) is 5.99. The molecular formula is C21H27N3S. The van der Waals surface area contributed by atoms with Gasteiger partial charge in [-0.1, -0.05) is 48.6 Å². The van der Waals surface area contributed by atoms with Crippen molar-refractivity contribution in [3.8, 4) is 0 Å². The summed E-state index contributed by atoms with van der Waals surface area (Å²) in [6, 6.07) is 11.3. The first kappa shape index (κ1) is 18.2. The van der Waals surface area contributed by atoms with Crippen molar-refractivity contribution in [2.75, 3.05) is 13.1 Å². The third-order valence-corrected chi connectivity index (χ3v) is 5.44. The van der Waals surface area contributed by atoms with E-state index < -0.39 is 0 Å². The van der Waals surface area contributed by atoms with Gasteiger partial charge in [-0.25, -0.2) is 0 Å². The smallest absolute Gasteiger partial charge is 0.0417 e. The molecule has 0 saturated carbocycles. The van der Waals surface area contributed by atoms with Crippen LogP contribution in [-0.2, 0) is 6.54 Å². The van der Waals surface area contributed by atoms with Gasteiger partial charge in [0, 0.05) is 48.9 Å². The average molecular weight is 354 g/mol. The van der Waals surface area contributed by atoms with Crippen molar-refractivity contribution < 1.29 is 0 Å². The minimum Gasteiger partial charge on any atom is -0.297 e. The molecule has 1 atom stereocenters. The van der Waals surface area contributed by atoms with Crippen molar-refractivity contribution in [3.63, 3.8) is 0 Å². The molecular weight excluding hydrogens is 326 g/mol. The minimum atomic E-state index is 0.549. The van der Waals surface area contributed by atoms with Crippen LogP contribution in [0.1, 0.15) is 31.2 Å². The van der Waals surface area contributed by atoms with Crippen LogP contribution >= 0.6 is 11.9 Å². The standard InChI is InChI=1S/C21H27N3S/c1-2-3-5-10-19-11-12-21(15-22-19)25-23-20-13-14-24(17-20)16-18-8-6-4-7-9-18/h2,4,6-10,12,15,20,23H,1,3,5,11,13-14,16-17H2/b19-10+. The van der Waals surface area contributed by atoms with Crippen molar-refractivity contribution in [1.29, 1.82) is 0 Å². The first-order chi connectivity index (χ1) is 12.3. The van der Waals surface area contributed by atoms with Gasteiger partial charge in [-0.15, -0.1) is 6.58 Å². The van der Waals surface area contributed by atoms with Crippen LogP contribution in [0, 0.1) is 0 Å². The zero-order chi connectivity index (χ0) is 17.3. The predicted octanol–water partition coefficient (Wildman–Crippen LogP) is 4.71. The van der Waals surface area contributed by atoms with Crippen LogP contribution in [0.4, 0.5) is 0 Å². The van der Waals surface area contributed by atoms with Gasteiger partial charge in [0.15, 0.2) is 0 Å². The number of nitrogens with zero attached hydrogens (tertiary/aromatic N) is 2. The Balaban J connectivity index is 1.38. The van der Waals surface area contributed by atoms with E-state index in [9.17, 15) is 0 Å². The number of benzene rings is 1. The van der Waals surface area contributed by atoms with E-state index in [-0.39, 0.29) is 0 Å². The molecule has 0 amide bonds. The molecule has 0 bridgehead atoms. The Hall–Kier alpha value is -1.62. The summed E-state index contributed by atoms with van der Waals surface area (Å²) < 4.78 is 3.62. The minimum absolute atomic E-state index is 0.549. The monoisotopic (exact) mass is 353 g/mol. The highest BCUT2D eigenvalue weighted by molar-refractivity contribution is 8.02. The fraction of sp³-hybridized carbons (Fsp3) is 0.381. The van der Waals surface area contributed by atoms with E-state index in [0.29, 0.717) is 6.04 Å². The Labute approximate surface area is 155 Å². The molecule has 2 aliphatic heterocycles. The van der Waals surface area contributed by atoms with Gasteiger partial charge in [0.25, 0.3) is 0 Å². The van der Waals surface area contributed by atoms with Crippen molar-refractivity contribution in [3.05, 3.63) is 71.3 Å². The molecule has 0 radical (unpaired) electrons. The highest BCUT2D eigenvalue weighted by atomic mass is 32.2. The van der Waals surface area contributed by atoms with Gasteiger partial charge in [0.05, 0.1) is 0 Å². The van der Waals surface area contributed by atoms with Crippen molar-refractivity contribution in [1.82, 2.24) is 9.62 Å². The van der Waals surface area contributed by atoms with Crippen molar-refractivity contribution in [2.45, 2.75) is 38.3 Å². The fourth-order valence-electron chi connectivity index (χ4n) is 3.09. The maximum Gasteiger partial charge on any atom is 0.0417 e. The number of nitrogens with one attached hydrogen (secondary N) is 1. The largest absolute Gasteiger partial charge is 0.297 e. The molecule has 2 aliphatic rings. The van der Waals surface area contributed by atoms with Crippen LogP contribution < -0.4 is 4.72 Å². The first-order valence-electron chi connectivity index (χ1n) is 9.06. The lowest BCUT2D eigenvalue weighted by molar-refractivity contribution is 0.325. The number of aliphatic imine (C=N–C) groups is 1. The Bertz CT molecular complexity index is 648. The first-order valence-corrected chi connectivity index (χ1v) is 9.88. The molecule has 1 fully saturated rings. The Morgan fingerprint density at radius 2 is 2.16 bits per heavy atom. The van der Waals surface area contributed by atoms with Gasteiger partial charge < -0.3 is 0 Å². The summed E-state index contributed by atoms with van der Waals surface area (Å²) >= 11 is 1.73. The summed E-state index contributed by atoms with van der Waals surface area (Å²) in [4.78, 5) is 8.31. The summed E-state index contributed by atoms with van der Waals surface area (Å²) in [5.41, 5.74) is 2.56. The van der Waals surface area contributed by atoms with Gasteiger partial charge in [0.1, 0.15) is 0 Å². The Morgan fingerprint density at radius 1 is 1.28 bits per heavy atom. The van der Waals surface area contributed by atoms with Crippen LogP contribution in [0.3, 0.4) is 0 Å². The lowest BCUT2D eigenvalue weighted by Crippen LogP contribution is -2.28. The highest BCUT2D eigenvalue weighted by Crippen LogP contribution is 2.22. The summed E-state index contributed by atoms with van der Waals surface area (Å²) in [5, 5.41) is 0. The predicted molar refractivity (Wildman–Crippen MR) is 110 cm³/mol. The van der Waals surface area contributed by atoms with Crippen LogP contribution in [0.15, 0.2) is 70.7 Å². The number of dihydropyridines is 1. The summed E-state index contributed by atoms with van der Waals surface area (Å²) in [5.74, 6) is 0. The zero-order valence-corrected chi connectivity index (χ0v) is 15.5. The van der Waals surface area contributed by atoms with E-state index in [1.165, 1.54) is 22.6 Å². The number of rotatable bonds is 8. The molecule has 4 heteroatoms. The van der Waals surface area contributed by atoms with Gasteiger partial charge in [-0.3, -0.25) is 14.6 Å². The van der Waals surface area contributed by atoms with Crippen LogP contribution in [0.25, 0.3) is 0 Å². The second kappa shape index (κ2) is 9.76. The van der Waals surface area contributed by atoms with Crippen LogP contribution in [-0.4, -0.2) is 30.2 Å². The molecule has 0 aromatic heterocycles. The molecule has 1 aromatic rings. The summed E-state index contributed by atoms with van der Waals surface area (Å²) in [6.45, 7) is 7.07. The SMILES string of the molecule is C=CCC/C=C1\CC=C(SNC2CCN(Cc3ccccc3)C2)C=N1.